The zero-order valence-corrected chi connectivity index (χ0v) is 14.6. The molecule has 1 aliphatic heterocycles. The van der Waals surface area contributed by atoms with Gasteiger partial charge in [0.1, 0.15) is 29.7 Å². The predicted octanol–water partition coefficient (Wildman–Crippen LogP) is 1.70. The largest absolute Gasteiger partial charge is 0.491 e. The lowest BCUT2D eigenvalue weighted by atomic mass is 10.00. The molecule has 3 rings (SSSR count). The molecule has 7 nitrogen and oxygen atoms in total. The van der Waals surface area contributed by atoms with Crippen LogP contribution < -0.4 is 4.74 Å². The third-order valence-corrected chi connectivity index (χ3v) is 4.52. The minimum Gasteiger partial charge on any atom is -0.491 e. The first-order valence-corrected chi connectivity index (χ1v) is 8.51. The number of nitriles is 1. The van der Waals surface area contributed by atoms with Crippen molar-refractivity contribution in [1.29, 1.82) is 5.26 Å². The Kier molecular flexibility index (Phi) is 5.02. The van der Waals surface area contributed by atoms with Gasteiger partial charge in [0.05, 0.1) is 11.8 Å². The first-order valence-electron chi connectivity index (χ1n) is 8.51. The van der Waals surface area contributed by atoms with E-state index in [4.69, 9.17) is 10.00 Å². The molecule has 1 atom stereocenters. The lowest BCUT2D eigenvalue weighted by Gasteiger charge is -2.21. The quantitative estimate of drug-likeness (QED) is 0.860. The number of aromatic nitrogens is 3. The summed E-state index contributed by atoms with van der Waals surface area (Å²) in [6, 6.07) is 9.54. The molecule has 25 heavy (non-hydrogen) atoms. The minimum absolute atomic E-state index is 0.218. The summed E-state index contributed by atoms with van der Waals surface area (Å²) in [7, 11) is 0. The Hall–Kier alpha value is -2.43. The highest BCUT2D eigenvalue weighted by Gasteiger charge is 2.40. The molecule has 132 valence electrons. The molecule has 0 amide bonds. The van der Waals surface area contributed by atoms with E-state index in [1.807, 2.05) is 32.2 Å². The van der Waals surface area contributed by atoms with E-state index >= 15 is 0 Å². The van der Waals surface area contributed by atoms with Crippen molar-refractivity contribution in [2.45, 2.75) is 31.9 Å². The molecule has 1 N–H and O–H groups in total. The van der Waals surface area contributed by atoms with E-state index in [9.17, 15) is 5.11 Å². The molecule has 1 unspecified atom stereocenters. The summed E-state index contributed by atoms with van der Waals surface area (Å²) in [6.07, 6.45) is 2.45. The maximum atomic E-state index is 10.9. The lowest BCUT2D eigenvalue weighted by Crippen LogP contribution is -2.33. The number of ether oxygens (including phenoxy) is 1. The molecular formula is C18H23N5O2. The third kappa shape index (κ3) is 3.81. The Balaban J connectivity index is 1.55. The van der Waals surface area contributed by atoms with E-state index in [1.165, 1.54) is 0 Å². The van der Waals surface area contributed by atoms with Gasteiger partial charge in [0, 0.05) is 25.7 Å². The van der Waals surface area contributed by atoms with E-state index in [-0.39, 0.29) is 6.04 Å². The molecule has 0 bridgehead atoms. The smallest absolute Gasteiger partial charge is 0.137 e. The number of rotatable bonds is 6. The van der Waals surface area contributed by atoms with Crippen molar-refractivity contribution in [3.8, 4) is 11.8 Å². The summed E-state index contributed by atoms with van der Waals surface area (Å²) in [5, 5.41) is 28.2. The second-order valence-corrected chi connectivity index (χ2v) is 6.69. The van der Waals surface area contributed by atoms with Gasteiger partial charge in [0.25, 0.3) is 0 Å². The van der Waals surface area contributed by atoms with Crippen molar-refractivity contribution in [1.82, 2.24) is 19.9 Å². The average Bonchev–Trinajstić information content (AvgIpc) is 3.24. The van der Waals surface area contributed by atoms with Crippen LogP contribution in [0.4, 0.5) is 0 Å². The van der Waals surface area contributed by atoms with Gasteiger partial charge in [-0.3, -0.25) is 4.90 Å². The fourth-order valence-electron chi connectivity index (χ4n) is 2.98. The highest BCUT2D eigenvalue weighted by Crippen LogP contribution is 2.30. The summed E-state index contributed by atoms with van der Waals surface area (Å²) in [6.45, 7) is 6.48. The van der Waals surface area contributed by atoms with E-state index < -0.39 is 5.60 Å². The van der Waals surface area contributed by atoms with Crippen LogP contribution in [0, 0.1) is 11.3 Å². The number of benzene rings is 1. The molecule has 1 aliphatic rings. The normalized spacial score (nSPS) is 20.8. The van der Waals surface area contributed by atoms with Crippen molar-refractivity contribution in [2.75, 3.05) is 26.2 Å². The number of nitrogens with zero attached hydrogens (tertiary/aromatic N) is 5. The van der Waals surface area contributed by atoms with Crippen LogP contribution >= 0.6 is 0 Å². The Morgan fingerprint density at radius 3 is 2.92 bits per heavy atom. The van der Waals surface area contributed by atoms with Crippen molar-refractivity contribution in [2.24, 2.45) is 0 Å². The zero-order chi connectivity index (χ0) is 17.9. The summed E-state index contributed by atoms with van der Waals surface area (Å²) in [5.74, 6) is 0.597. The van der Waals surface area contributed by atoms with Crippen LogP contribution in [-0.2, 0) is 5.60 Å². The van der Waals surface area contributed by atoms with Crippen molar-refractivity contribution in [3.05, 3.63) is 41.7 Å². The molecule has 2 aromatic rings. The van der Waals surface area contributed by atoms with Gasteiger partial charge in [-0.2, -0.15) is 5.26 Å². The van der Waals surface area contributed by atoms with Crippen LogP contribution in [0.25, 0.3) is 0 Å². The SMILES string of the molecule is CC(C)n1cc(C2(O)CCN(CCOc3ccccc3C#N)C2)nn1. The van der Waals surface area contributed by atoms with Gasteiger partial charge in [-0.15, -0.1) is 5.10 Å². The summed E-state index contributed by atoms with van der Waals surface area (Å²) in [5.41, 5.74) is 0.197. The van der Waals surface area contributed by atoms with Crippen LogP contribution in [0.5, 0.6) is 5.75 Å². The van der Waals surface area contributed by atoms with Crippen LogP contribution in [0.2, 0.25) is 0 Å². The fraction of sp³-hybridized carbons (Fsp3) is 0.500. The molecule has 0 aliphatic carbocycles. The maximum Gasteiger partial charge on any atom is 0.137 e. The van der Waals surface area contributed by atoms with Gasteiger partial charge in [-0.05, 0) is 32.4 Å². The second-order valence-electron chi connectivity index (χ2n) is 6.69. The van der Waals surface area contributed by atoms with E-state index in [0.717, 1.165) is 6.54 Å². The number of hydrogen-bond donors (Lipinski definition) is 1. The molecule has 0 radical (unpaired) electrons. The molecule has 1 fully saturated rings. The Labute approximate surface area is 147 Å². The Morgan fingerprint density at radius 2 is 2.20 bits per heavy atom. The first kappa shape index (κ1) is 17.4. The Morgan fingerprint density at radius 1 is 1.40 bits per heavy atom. The molecule has 1 aromatic heterocycles. The maximum absolute atomic E-state index is 10.9. The standard InChI is InChI=1S/C18H23N5O2/c1-14(2)23-12-17(20-21-23)18(24)7-8-22(13-18)9-10-25-16-6-4-3-5-15(16)11-19/h3-6,12,14,24H,7-10,13H2,1-2H3. The van der Waals surface area contributed by atoms with E-state index in [2.05, 4.69) is 21.3 Å². The molecule has 0 saturated carbocycles. The summed E-state index contributed by atoms with van der Waals surface area (Å²) in [4.78, 5) is 2.14. The van der Waals surface area contributed by atoms with Crippen molar-refractivity contribution < 1.29 is 9.84 Å². The molecule has 2 heterocycles. The number of hydrogen-bond acceptors (Lipinski definition) is 6. The number of β-amino-alcohol motifs (C(OH)–C–C–N with tert-alkyl or cyclic N) is 1. The van der Waals surface area contributed by atoms with Gasteiger partial charge >= 0.3 is 0 Å². The number of aliphatic hydroxyl groups is 1. The number of para-hydroxylation sites is 1. The van der Waals surface area contributed by atoms with Gasteiger partial charge < -0.3 is 9.84 Å². The van der Waals surface area contributed by atoms with Crippen molar-refractivity contribution in [3.63, 3.8) is 0 Å². The molecule has 1 aromatic carbocycles. The van der Waals surface area contributed by atoms with E-state index in [1.54, 1.807) is 16.8 Å². The summed E-state index contributed by atoms with van der Waals surface area (Å²) < 4.78 is 7.48. The lowest BCUT2D eigenvalue weighted by molar-refractivity contribution is 0.0403. The van der Waals surface area contributed by atoms with Crippen LogP contribution in [-0.4, -0.2) is 51.2 Å². The van der Waals surface area contributed by atoms with Crippen LogP contribution in [0.15, 0.2) is 30.5 Å². The van der Waals surface area contributed by atoms with Gasteiger partial charge in [0.15, 0.2) is 0 Å². The molecular weight excluding hydrogens is 318 g/mol. The zero-order valence-electron chi connectivity index (χ0n) is 14.6. The van der Waals surface area contributed by atoms with Crippen LogP contribution in [0.3, 0.4) is 0 Å². The predicted molar refractivity (Wildman–Crippen MR) is 92.0 cm³/mol. The highest BCUT2D eigenvalue weighted by atomic mass is 16.5. The minimum atomic E-state index is -0.961. The van der Waals surface area contributed by atoms with Crippen LogP contribution in [0.1, 0.15) is 37.6 Å². The van der Waals surface area contributed by atoms with Gasteiger partial charge in [0.2, 0.25) is 0 Å². The topological polar surface area (TPSA) is 87.2 Å². The molecule has 7 heteroatoms. The number of likely N-dealkylation sites (tertiary alicyclic amines) is 1. The third-order valence-electron chi connectivity index (χ3n) is 4.52. The molecule has 0 spiro atoms. The first-order chi connectivity index (χ1) is 12.0. The van der Waals surface area contributed by atoms with Gasteiger partial charge in [-0.25, -0.2) is 4.68 Å². The summed E-state index contributed by atoms with van der Waals surface area (Å²) >= 11 is 0. The van der Waals surface area contributed by atoms with E-state index in [0.29, 0.717) is 43.1 Å². The fourth-order valence-corrected chi connectivity index (χ4v) is 2.98. The Bertz CT molecular complexity index is 767. The second kappa shape index (κ2) is 7.21. The average molecular weight is 341 g/mol. The highest BCUT2D eigenvalue weighted by molar-refractivity contribution is 5.42. The van der Waals surface area contributed by atoms with Gasteiger partial charge in [-0.1, -0.05) is 17.3 Å². The molecule has 1 saturated heterocycles. The monoisotopic (exact) mass is 341 g/mol. The van der Waals surface area contributed by atoms with Crippen molar-refractivity contribution >= 4 is 0 Å².